The molecule has 0 aromatic heterocycles. The Bertz CT molecular complexity index is 1210. The van der Waals surface area contributed by atoms with E-state index in [1.54, 1.807) is 12.1 Å². The Labute approximate surface area is 172 Å². The zero-order valence-electron chi connectivity index (χ0n) is 15.6. The number of sulfonamides is 1. The van der Waals surface area contributed by atoms with Gasteiger partial charge in [0.2, 0.25) is 0 Å². The van der Waals surface area contributed by atoms with Crippen LogP contribution in [0.1, 0.15) is 10.4 Å². The molecule has 1 aliphatic rings. The minimum absolute atomic E-state index is 0.00126. The summed E-state index contributed by atoms with van der Waals surface area (Å²) in [6.07, 6.45) is 0. The summed E-state index contributed by atoms with van der Waals surface area (Å²) in [4.78, 5) is 12.4. The van der Waals surface area contributed by atoms with Gasteiger partial charge in [-0.1, -0.05) is 12.1 Å². The molecule has 0 fully saturated rings. The Morgan fingerprint density at radius 3 is 2.40 bits per heavy atom. The fourth-order valence-corrected chi connectivity index (χ4v) is 3.96. The molecule has 9 heteroatoms. The van der Waals surface area contributed by atoms with Gasteiger partial charge in [0.15, 0.2) is 11.5 Å². The van der Waals surface area contributed by atoms with Crippen LogP contribution in [-0.2, 0) is 10.0 Å². The maximum absolute atomic E-state index is 13.3. The smallest absolute Gasteiger partial charge is 0.262 e. The van der Waals surface area contributed by atoms with Crippen LogP contribution in [0.2, 0.25) is 0 Å². The van der Waals surface area contributed by atoms with Crippen LogP contribution < -0.4 is 19.5 Å². The second kappa shape index (κ2) is 8.03. The average Bonchev–Trinajstić information content (AvgIpc) is 2.73. The van der Waals surface area contributed by atoms with E-state index in [1.807, 2.05) is 0 Å². The molecule has 0 saturated heterocycles. The summed E-state index contributed by atoms with van der Waals surface area (Å²) in [5.41, 5.74) is 0.709. The van der Waals surface area contributed by atoms with Crippen LogP contribution in [-0.4, -0.2) is 27.5 Å². The highest BCUT2D eigenvalue weighted by Gasteiger charge is 2.20. The number of hydrogen-bond acceptors (Lipinski definition) is 5. The van der Waals surface area contributed by atoms with Crippen molar-refractivity contribution in [3.8, 4) is 11.5 Å². The van der Waals surface area contributed by atoms with Crippen molar-refractivity contribution in [1.82, 2.24) is 0 Å². The normalized spacial score (nSPS) is 12.8. The summed E-state index contributed by atoms with van der Waals surface area (Å²) in [6, 6.07) is 15.8. The topological polar surface area (TPSA) is 93.7 Å². The van der Waals surface area contributed by atoms with Crippen molar-refractivity contribution in [1.29, 1.82) is 0 Å². The molecule has 2 N–H and O–H groups in total. The molecule has 0 bridgehead atoms. The maximum atomic E-state index is 13.3. The number of carbonyl (C=O) groups is 1. The average molecular weight is 428 g/mol. The number of fused-ring (bicyclic) bond motifs is 1. The second-order valence-corrected chi connectivity index (χ2v) is 8.14. The predicted octanol–water partition coefficient (Wildman–Crippen LogP) is 3.65. The Morgan fingerprint density at radius 2 is 1.60 bits per heavy atom. The Kier molecular flexibility index (Phi) is 5.28. The fourth-order valence-electron chi connectivity index (χ4n) is 2.90. The molecule has 1 aliphatic heterocycles. The molecule has 7 nitrogen and oxygen atoms in total. The number of benzene rings is 3. The van der Waals surface area contributed by atoms with Gasteiger partial charge < -0.3 is 14.8 Å². The standard InChI is InChI=1S/C21H17FN2O5S/c22-15-4-2-5-16(12-15)23-21(25)14-3-1-6-17(11-14)24-30(26,27)18-7-8-19-20(13-18)29-10-9-28-19/h1-8,11-13,24H,9-10H2,(H,23,25). The number of halogens is 1. The van der Waals surface area contributed by atoms with Crippen LogP contribution in [0.25, 0.3) is 0 Å². The van der Waals surface area contributed by atoms with Crippen molar-refractivity contribution in [3.05, 3.63) is 78.1 Å². The first-order valence-corrected chi connectivity index (χ1v) is 10.5. The van der Waals surface area contributed by atoms with Crippen LogP contribution in [0.3, 0.4) is 0 Å². The number of ether oxygens (including phenoxy) is 2. The van der Waals surface area contributed by atoms with Crippen molar-refractivity contribution < 1.29 is 27.1 Å². The quantitative estimate of drug-likeness (QED) is 0.647. The molecule has 1 heterocycles. The maximum Gasteiger partial charge on any atom is 0.262 e. The minimum atomic E-state index is -3.92. The second-order valence-electron chi connectivity index (χ2n) is 6.46. The van der Waals surface area contributed by atoms with Gasteiger partial charge in [0, 0.05) is 23.0 Å². The molecular formula is C21H17FN2O5S. The molecule has 30 heavy (non-hydrogen) atoms. The lowest BCUT2D eigenvalue weighted by Gasteiger charge is -2.19. The molecule has 3 aromatic carbocycles. The number of rotatable bonds is 5. The predicted molar refractivity (Wildman–Crippen MR) is 109 cm³/mol. The largest absolute Gasteiger partial charge is 0.486 e. The van der Waals surface area contributed by atoms with E-state index in [4.69, 9.17) is 9.47 Å². The molecule has 0 spiro atoms. The summed E-state index contributed by atoms with van der Waals surface area (Å²) in [5, 5.41) is 2.57. The number of carbonyl (C=O) groups excluding carboxylic acids is 1. The third kappa shape index (κ3) is 4.36. The van der Waals surface area contributed by atoms with Crippen LogP contribution in [0, 0.1) is 5.82 Å². The van der Waals surface area contributed by atoms with Crippen molar-refractivity contribution in [2.75, 3.05) is 23.3 Å². The highest BCUT2D eigenvalue weighted by atomic mass is 32.2. The van der Waals surface area contributed by atoms with Gasteiger partial charge in [-0.2, -0.15) is 0 Å². The van der Waals surface area contributed by atoms with Crippen molar-refractivity contribution in [3.63, 3.8) is 0 Å². The molecule has 0 unspecified atom stereocenters. The van der Waals surface area contributed by atoms with Gasteiger partial charge in [-0.05, 0) is 48.5 Å². The highest BCUT2D eigenvalue weighted by Crippen LogP contribution is 2.32. The number of nitrogens with one attached hydrogen (secondary N) is 2. The van der Waals surface area contributed by atoms with Gasteiger partial charge in [-0.15, -0.1) is 0 Å². The van der Waals surface area contributed by atoms with Crippen molar-refractivity contribution in [2.45, 2.75) is 4.90 Å². The summed E-state index contributed by atoms with van der Waals surface area (Å²) < 4.78 is 52.1. The molecule has 0 radical (unpaired) electrons. The van der Waals surface area contributed by atoms with E-state index in [-0.39, 0.29) is 16.1 Å². The van der Waals surface area contributed by atoms with Gasteiger partial charge in [-0.3, -0.25) is 9.52 Å². The van der Waals surface area contributed by atoms with Crippen LogP contribution in [0.4, 0.5) is 15.8 Å². The van der Waals surface area contributed by atoms with E-state index < -0.39 is 21.7 Å². The van der Waals surface area contributed by atoms with Crippen molar-refractivity contribution in [2.24, 2.45) is 0 Å². The lowest BCUT2D eigenvalue weighted by atomic mass is 10.2. The lowest BCUT2D eigenvalue weighted by molar-refractivity contribution is 0.102. The summed E-state index contributed by atoms with van der Waals surface area (Å²) in [7, 11) is -3.92. The zero-order valence-corrected chi connectivity index (χ0v) is 16.4. The molecular weight excluding hydrogens is 411 g/mol. The third-order valence-corrected chi connectivity index (χ3v) is 5.66. The van der Waals surface area contributed by atoms with Crippen LogP contribution in [0.5, 0.6) is 11.5 Å². The zero-order chi connectivity index (χ0) is 21.1. The first kappa shape index (κ1) is 19.7. The molecule has 0 saturated carbocycles. The van der Waals surface area contributed by atoms with E-state index in [2.05, 4.69) is 10.0 Å². The Balaban J connectivity index is 1.53. The van der Waals surface area contributed by atoms with E-state index in [9.17, 15) is 17.6 Å². The number of anilines is 2. The van der Waals surface area contributed by atoms with Crippen LogP contribution in [0.15, 0.2) is 71.6 Å². The summed E-state index contributed by atoms with van der Waals surface area (Å²) >= 11 is 0. The molecule has 0 aliphatic carbocycles. The number of hydrogen-bond donors (Lipinski definition) is 2. The molecule has 1 amide bonds. The molecule has 0 atom stereocenters. The van der Waals surface area contributed by atoms with Gasteiger partial charge in [0.1, 0.15) is 19.0 Å². The van der Waals surface area contributed by atoms with Gasteiger partial charge in [0.05, 0.1) is 4.90 Å². The Morgan fingerprint density at radius 1 is 0.867 bits per heavy atom. The summed E-state index contributed by atoms with van der Waals surface area (Å²) in [5.74, 6) is -0.140. The number of amides is 1. The van der Waals surface area contributed by atoms with E-state index in [1.165, 1.54) is 54.6 Å². The molecule has 154 valence electrons. The molecule has 4 rings (SSSR count). The SMILES string of the molecule is O=C(Nc1cccc(F)c1)c1cccc(NS(=O)(=O)c2ccc3c(c2)OCCO3)c1. The first-order chi connectivity index (χ1) is 14.4. The highest BCUT2D eigenvalue weighted by molar-refractivity contribution is 7.92. The van der Waals surface area contributed by atoms with Crippen LogP contribution >= 0.6 is 0 Å². The van der Waals surface area contributed by atoms with Gasteiger partial charge in [0.25, 0.3) is 15.9 Å². The Hall–Kier alpha value is -3.59. The minimum Gasteiger partial charge on any atom is -0.486 e. The van der Waals surface area contributed by atoms with Crippen molar-refractivity contribution >= 4 is 27.3 Å². The van der Waals surface area contributed by atoms with E-state index >= 15 is 0 Å². The van der Waals surface area contributed by atoms with E-state index in [0.29, 0.717) is 30.4 Å². The van der Waals surface area contributed by atoms with E-state index in [0.717, 1.165) is 0 Å². The molecule has 3 aromatic rings. The first-order valence-electron chi connectivity index (χ1n) is 9.00. The monoisotopic (exact) mass is 428 g/mol. The lowest BCUT2D eigenvalue weighted by Crippen LogP contribution is -2.17. The third-order valence-electron chi connectivity index (χ3n) is 4.28. The van der Waals surface area contributed by atoms with Gasteiger partial charge in [-0.25, -0.2) is 12.8 Å². The van der Waals surface area contributed by atoms with Gasteiger partial charge >= 0.3 is 0 Å². The fraction of sp³-hybridized carbons (Fsp3) is 0.0952. The summed E-state index contributed by atoms with van der Waals surface area (Å²) in [6.45, 7) is 0.744.